The standard InChI is InChI=1S/C11H12N2O/c12-5-4-8-6-13-10-3-1-2-9(7-14)11(8)10/h1-3,6-7,13H,4-5,12H2. The molecule has 1 aromatic carbocycles. The van der Waals surface area contributed by atoms with Crippen molar-refractivity contribution in [1.82, 2.24) is 4.98 Å². The lowest BCUT2D eigenvalue weighted by Gasteiger charge is -1.98. The van der Waals surface area contributed by atoms with Crippen molar-refractivity contribution in [1.29, 1.82) is 0 Å². The highest BCUT2D eigenvalue weighted by atomic mass is 16.1. The van der Waals surface area contributed by atoms with Gasteiger partial charge in [0.25, 0.3) is 0 Å². The van der Waals surface area contributed by atoms with Crippen LogP contribution in [0.15, 0.2) is 24.4 Å². The summed E-state index contributed by atoms with van der Waals surface area (Å²) in [6, 6.07) is 5.65. The molecule has 2 aromatic rings. The molecular formula is C11H12N2O. The van der Waals surface area contributed by atoms with Crippen molar-refractivity contribution in [3.63, 3.8) is 0 Å². The molecule has 0 fully saturated rings. The van der Waals surface area contributed by atoms with Crippen molar-refractivity contribution in [2.24, 2.45) is 5.73 Å². The molecule has 3 nitrogen and oxygen atoms in total. The number of nitrogens with two attached hydrogens (primary N) is 1. The number of aromatic nitrogens is 1. The van der Waals surface area contributed by atoms with Gasteiger partial charge in [0.05, 0.1) is 0 Å². The predicted molar refractivity (Wildman–Crippen MR) is 56.4 cm³/mol. The van der Waals surface area contributed by atoms with Gasteiger partial charge in [-0.25, -0.2) is 0 Å². The summed E-state index contributed by atoms with van der Waals surface area (Å²) in [5.74, 6) is 0. The predicted octanol–water partition coefficient (Wildman–Crippen LogP) is 1.48. The van der Waals surface area contributed by atoms with E-state index in [1.54, 1.807) is 0 Å². The van der Waals surface area contributed by atoms with Gasteiger partial charge in [-0.2, -0.15) is 0 Å². The zero-order valence-electron chi connectivity index (χ0n) is 7.79. The number of carbonyl (C=O) groups is 1. The molecular weight excluding hydrogens is 176 g/mol. The molecule has 1 aromatic heterocycles. The van der Waals surface area contributed by atoms with E-state index in [1.807, 2.05) is 24.4 Å². The molecule has 14 heavy (non-hydrogen) atoms. The molecule has 0 aliphatic rings. The Morgan fingerprint density at radius 1 is 1.43 bits per heavy atom. The van der Waals surface area contributed by atoms with Gasteiger partial charge in [-0.15, -0.1) is 0 Å². The molecule has 0 aliphatic heterocycles. The molecule has 0 atom stereocenters. The summed E-state index contributed by atoms with van der Waals surface area (Å²) in [4.78, 5) is 14.0. The highest BCUT2D eigenvalue weighted by Crippen LogP contribution is 2.21. The summed E-state index contributed by atoms with van der Waals surface area (Å²) in [6.07, 6.45) is 3.60. The maximum Gasteiger partial charge on any atom is 0.150 e. The Morgan fingerprint density at radius 3 is 3.00 bits per heavy atom. The first kappa shape index (κ1) is 8.97. The molecule has 0 radical (unpaired) electrons. The van der Waals surface area contributed by atoms with E-state index in [4.69, 9.17) is 5.73 Å². The molecule has 3 heteroatoms. The maximum absolute atomic E-state index is 10.8. The Balaban J connectivity index is 2.67. The normalized spacial score (nSPS) is 10.6. The molecule has 0 aliphatic carbocycles. The number of nitrogens with one attached hydrogen (secondary N) is 1. The first-order valence-electron chi connectivity index (χ1n) is 4.61. The van der Waals surface area contributed by atoms with Crippen LogP contribution in [0, 0.1) is 0 Å². The number of aldehydes is 1. The number of fused-ring (bicyclic) bond motifs is 1. The van der Waals surface area contributed by atoms with Gasteiger partial charge < -0.3 is 10.7 Å². The molecule has 0 bridgehead atoms. The second-order valence-corrected chi connectivity index (χ2v) is 3.24. The fraction of sp³-hybridized carbons (Fsp3) is 0.182. The number of carbonyl (C=O) groups excluding carboxylic acids is 1. The molecule has 0 saturated heterocycles. The first-order valence-corrected chi connectivity index (χ1v) is 4.61. The third kappa shape index (κ3) is 1.32. The van der Waals surface area contributed by atoms with Crippen LogP contribution < -0.4 is 5.73 Å². The highest BCUT2D eigenvalue weighted by Gasteiger charge is 2.06. The number of hydrogen-bond donors (Lipinski definition) is 2. The molecule has 0 unspecified atom stereocenters. The average Bonchev–Trinajstić information content (AvgIpc) is 2.62. The minimum absolute atomic E-state index is 0.597. The van der Waals surface area contributed by atoms with E-state index in [-0.39, 0.29) is 0 Å². The third-order valence-electron chi connectivity index (χ3n) is 2.36. The molecule has 72 valence electrons. The quantitative estimate of drug-likeness (QED) is 0.717. The Hall–Kier alpha value is -1.61. The van der Waals surface area contributed by atoms with Gasteiger partial charge in [-0.05, 0) is 24.6 Å². The van der Waals surface area contributed by atoms with Crippen molar-refractivity contribution in [3.05, 3.63) is 35.5 Å². The summed E-state index contributed by atoms with van der Waals surface area (Å²) >= 11 is 0. The maximum atomic E-state index is 10.8. The van der Waals surface area contributed by atoms with Crippen LogP contribution in [0.3, 0.4) is 0 Å². The van der Waals surface area contributed by atoms with Crippen LogP contribution in [0.5, 0.6) is 0 Å². The van der Waals surface area contributed by atoms with Crippen molar-refractivity contribution in [2.45, 2.75) is 6.42 Å². The van der Waals surface area contributed by atoms with E-state index in [1.165, 1.54) is 0 Å². The highest BCUT2D eigenvalue weighted by molar-refractivity contribution is 5.98. The second kappa shape index (κ2) is 3.64. The number of hydrogen-bond acceptors (Lipinski definition) is 2. The fourth-order valence-electron chi connectivity index (χ4n) is 1.74. The Morgan fingerprint density at radius 2 is 2.29 bits per heavy atom. The number of aromatic amines is 1. The topological polar surface area (TPSA) is 58.9 Å². The Bertz CT molecular complexity index is 459. The third-order valence-corrected chi connectivity index (χ3v) is 2.36. The summed E-state index contributed by atoms with van der Waals surface area (Å²) in [6.45, 7) is 0.597. The summed E-state index contributed by atoms with van der Waals surface area (Å²) in [5.41, 5.74) is 8.34. The van der Waals surface area contributed by atoms with Gasteiger partial charge in [-0.3, -0.25) is 4.79 Å². The first-order chi connectivity index (χ1) is 6.86. The van der Waals surface area contributed by atoms with Crippen molar-refractivity contribution < 1.29 is 4.79 Å². The van der Waals surface area contributed by atoms with E-state index >= 15 is 0 Å². The lowest BCUT2D eigenvalue weighted by atomic mass is 10.1. The summed E-state index contributed by atoms with van der Waals surface area (Å²) < 4.78 is 0. The molecule has 3 N–H and O–H groups in total. The van der Waals surface area contributed by atoms with E-state index < -0.39 is 0 Å². The lowest BCUT2D eigenvalue weighted by Crippen LogP contribution is -2.02. The second-order valence-electron chi connectivity index (χ2n) is 3.24. The Kier molecular flexibility index (Phi) is 2.33. The van der Waals surface area contributed by atoms with E-state index in [2.05, 4.69) is 4.98 Å². The minimum atomic E-state index is 0.597. The molecule has 1 heterocycles. The van der Waals surface area contributed by atoms with Crippen LogP contribution in [0.4, 0.5) is 0 Å². The zero-order chi connectivity index (χ0) is 9.97. The van der Waals surface area contributed by atoms with E-state index in [9.17, 15) is 4.79 Å². The smallest absolute Gasteiger partial charge is 0.150 e. The number of benzene rings is 1. The minimum Gasteiger partial charge on any atom is -0.361 e. The van der Waals surface area contributed by atoms with Gasteiger partial charge in [0.15, 0.2) is 6.29 Å². The van der Waals surface area contributed by atoms with Crippen molar-refractivity contribution in [2.75, 3.05) is 6.54 Å². The molecule has 0 spiro atoms. The fourth-order valence-corrected chi connectivity index (χ4v) is 1.74. The van der Waals surface area contributed by atoms with Crippen LogP contribution in [0.25, 0.3) is 10.9 Å². The monoisotopic (exact) mass is 188 g/mol. The molecule has 0 saturated carbocycles. The van der Waals surface area contributed by atoms with Crippen molar-refractivity contribution >= 4 is 17.2 Å². The van der Waals surface area contributed by atoms with Crippen LogP contribution in [0.1, 0.15) is 15.9 Å². The van der Waals surface area contributed by atoms with Gasteiger partial charge in [0.2, 0.25) is 0 Å². The average molecular weight is 188 g/mol. The summed E-state index contributed by atoms with van der Waals surface area (Å²) in [5, 5.41) is 1.01. The van der Waals surface area contributed by atoms with Gasteiger partial charge >= 0.3 is 0 Å². The van der Waals surface area contributed by atoms with Crippen LogP contribution >= 0.6 is 0 Å². The molecule has 0 amide bonds. The van der Waals surface area contributed by atoms with E-state index in [0.29, 0.717) is 6.54 Å². The number of H-pyrrole nitrogens is 1. The largest absolute Gasteiger partial charge is 0.361 e. The van der Waals surface area contributed by atoms with Gasteiger partial charge in [0, 0.05) is 22.7 Å². The Labute approximate surface area is 81.9 Å². The van der Waals surface area contributed by atoms with Gasteiger partial charge in [0.1, 0.15) is 0 Å². The molecule has 2 rings (SSSR count). The van der Waals surface area contributed by atoms with Gasteiger partial charge in [-0.1, -0.05) is 12.1 Å². The van der Waals surface area contributed by atoms with Crippen LogP contribution in [-0.2, 0) is 6.42 Å². The number of rotatable bonds is 3. The van der Waals surface area contributed by atoms with E-state index in [0.717, 1.165) is 34.7 Å². The van der Waals surface area contributed by atoms with Crippen LogP contribution in [0.2, 0.25) is 0 Å². The SMILES string of the molecule is NCCc1c[nH]c2cccc(C=O)c12. The van der Waals surface area contributed by atoms with Crippen LogP contribution in [-0.4, -0.2) is 17.8 Å². The zero-order valence-corrected chi connectivity index (χ0v) is 7.79. The lowest BCUT2D eigenvalue weighted by molar-refractivity contribution is 0.112. The summed E-state index contributed by atoms with van der Waals surface area (Å²) in [7, 11) is 0. The van der Waals surface area contributed by atoms with Crippen molar-refractivity contribution in [3.8, 4) is 0 Å².